The summed E-state index contributed by atoms with van der Waals surface area (Å²) in [5.74, 6) is 0.767. The van der Waals surface area contributed by atoms with E-state index >= 15 is 0 Å². The van der Waals surface area contributed by atoms with E-state index in [9.17, 15) is 4.39 Å². The Balaban J connectivity index is 2.31. The molecule has 1 unspecified atom stereocenters. The first-order chi connectivity index (χ1) is 7.31. The molecule has 0 saturated heterocycles. The maximum atomic E-state index is 12.8. The number of nitrogens with zero attached hydrogens (tertiary/aromatic N) is 2. The van der Waals surface area contributed by atoms with E-state index in [0.29, 0.717) is 0 Å². The van der Waals surface area contributed by atoms with Gasteiger partial charge in [0.25, 0.3) is 0 Å². The van der Waals surface area contributed by atoms with Crippen molar-refractivity contribution in [2.24, 2.45) is 0 Å². The lowest BCUT2D eigenvalue weighted by Gasteiger charge is -2.11. The number of halogens is 1. The molecule has 78 valence electrons. The first kappa shape index (κ1) is 9.83. The molecule has 1 heterocycles. The van der Waals surface area contributed by atoms with Gasteiger partial charge in [-0.05, 0) is 24.1 Å². The van der Waals surface area contributed by atoms with Crippen LogP contribution in [0.4, 0.5) is 4.39 Å². The Hall–Kier alpha value is -1.71. The molecular formula is C11H12FN3. The van der Waals surface area contributed by atoms with Gasteiger partial charge < -0.3 is 0 Å². The fourth-order valence-corrected chi connectivity index (χ4v) is 1.66. The lowest BCUT2D eigenvalue weighted by Crippen LogP contribution is -2.02. The Morgan fingerprint density at radius 1 is 1.33 bits per heavy atom. The Kier molecular flexibility index (Phi) is 2.76. The van der Waals surface area contributed by atoms with Crippen molar-refractivity contribution in [1.29, 1.82) is 0 Å². The minimum Gasteiger partial charge on any atom is -0.263 e. The third-order valence-corrected chi connectivity index (χ3v) is 2.44. The molecule has 0 aliphatic heterocycles. The maximum absolute atomic E-state index is 12.8. The summed E-state index contributed by atoms with van der Waals surface area (Å²) >= 11 is 0. The first-order valence-corrected chi connectivity index (χ1v) is 4.92. The van der Waals surface area contributed by atoms with E-state index in [-0.39, 0.29) is 11.7 Å². The minimum atomic E-state index is -0.217. The number of H-pyrrole nitrogens is 1. The molecule has 3 nitrogen and oxygen atoms in total. The highest BCUT2D eigenvalue weighted by molar-refractivity contribution is 5.25. The predicted octanol–water partition coefficient (Wildman–Crippen LogP) is 2.49. The molecule has 1 atom stereocenters. The maximum Gasteiger partial charge on any atom is 0.137 e. The monoisotopic (exact) mass is 205 g/mol. The highest BCUT2D eigenvalue weighted by atomic mass is 19.1. The summed E-state index contributed by atoms with van der Waals surface area (Å²) in [6.07, 6.45) is 2.39. The summed E-state index contributed by atoms with van der Waals surface area (Å²) in [7, 11) is 0. The lowest BCUT2D eigenvalue weighted by atomic mass is 9.96. The number of rotatable bonds is 3. The molecule has 1 aromatic carbocycles. The molecule has 0 aliphatic rings. The van der Waals surface area contributed by atoms with E-state index < -0.39 is 0 Å². The zero-order valence-corrected chi connectivity index (χ0v) is 8.44. The average molecular weight is 205 g/mol. The Morgan fingerprint density at radius 3 is 2.60 bits per heavy atom. The fourth-order valence-electron chi connectivity index (χ4n) is 1.66. The fraction of sp³-hybridized carbons (Fsp3) is 0.273. The molecule has 0 amide bonds. The third kappa shape index (κ3) is 2.03. The molecule has 0 spiro atoms. The van der Waals surface area contributed by atoms with Crippen LogP contribution in [0.5, 0.6) is 0 Å². The number of hydrogen-bond donors (Lipinski definition) is 1. The largest absolute Gasteiger partial charge is 0.263 e. The smallest absolute Gasteiger partial charge is 0.137 e. The molecule has 1 N–H and O–H groups in total. The van der Waals surface area contributed by atoms with Gasteiger partial charge in [-0.2, -0.15) is 5.10 Å². The van der Waals surface area contributed by atoms with Crippen molar-refractivity contribution in [2.45, 2.75) is 19.3 Å². The van der Waals surface area contributed by atoms with Gasteiger partial charge in [-0.3, -0.25) is 5.10 Å². The SMILES string of the molecule is CCC(c1ccc(F)cc1)c1ncn[nH]1. The number of aromatic nitrogens is 3. The summed E-state index contributed by atoms with van der Waals surface area (Å²) in [5.41, 5.74) is 1.05. The number of benzene rings is 1. The molecular weight excluding hydrogens is 193 g/mol. The molecule has 0 saturated carbocycles. The van der Waals surface area contributed by atoms with Crippen LogP contribution in [0.3, 0.4) is 0 Å². The molecule has 0 radical (unpaired) electrons. The second-order valence-corrected chi connectivity index (χ2v) is 3.38. The van der Waals surface area contributed by atoms with Gasteiger partial charge >= 0.3 is 0 Å². The molecule has 0 fully saturated rings. The van der Waals surface area contributed by atoms with Crippen molar-refractivity contribution >= 4 is 0 Å². The third-order valence-electron chi connectivity index (χ3n) is 2.44. The van der Waals surface area contributed by atoms with Crippen LogP contribution < -0.4 is 0 Å². The van der Waals surface area contributed by atoms with Crippen molar-refractivity contribution in [1.82, 2.24) is 15.2 Å². The molecule has 0 bridgehead atoms. The second-order valence-electron chi connectivity index (χ2n) is 3.38. The molecule has 1 aromatic heterocycles. The average Bonchev–Trinajstić information content (AvgIpc) is 2.75. The highest BCUT2D eigenvalue weighted by Crippen LogP contribution is 2.24. The van der Waals surface area contributed by atoms with Gasteiger partial charge in [-0.25, -0.2) is 9.37 Å². The van der Waals surface area contributed by atoms with Crippen molar-refractivity contribution in [3.8, 4) is 0 Å². The Morgan fingerprint density at radius 2 is 2.07 bits per heavy atom. The van der Waals surface area contributed by atoms with E-state index in [2.05, 4.69) is 22.1 Å². The van der Waals surface area contributed by atoms with Crippen molar-refractivity contribution < 1.29 is 4.39 Å². The standard InChI is InChI=1S/C11H12FN3/c1-2-10(11-13-7-14-15-11)8-3-5-9(12)6-4-8/h3-7,10H,2H2,1H3,(H,13,14,15). The molecule has 0 aliphatic carbocycles. The van der Waals surface area contributed by atoms with E-state index in [1.165, 1.54) is 18.5 Å². The molecule has 2 rings (SSSR count). The van der Waals surface area contributed by atoms with Crippen LogP contribution >= 0.6 is 0 Å². The molecule has 4 heteroatoms. The minimum absolute atomic E-state index is 0.160. The summed E-state index contributed by atoms with van der Waals surface area (Å²) in [6.45, 7) is 2.07. The zero-order valence-electron chi connectivity index (χ0n) is 8.44. The van der Waals surface area contributed by atoms with Gasteiger partial charge in [0.15, 0.2) is 0 Å². The van der Waals surface area contributed by atoms with Crippen LogP contribution in [0.1, 0.15) is 30.7 Å². The van der Waals surface area contributed by atoms with Gasteiger partial charge in [0.1, 0.15) is 18.0 Å². The van der Waals surface area contributed by atoms with Crippen LogP contribution in [0.2, 0.25) is 0 Å². The lowest BCUT2D eigenvalue weighted by molar-refractivity contribution is 0.624. The molecule has 15 heavy (non-hydrogen) atoms. The predicted molar refractivity (Wildman–Crippen MR) is 54.9 cm³/mol. The van der Waals surface area contributed by atoms with E-state index in [1.54, 1.807) is 12.1 Å². The van der Waals surface area contributed by atoms with E-state index in [1.807, 2.05) is 0 Å². The highest BCUT2D eigenvalue weighted by Gasteiger charge is 2.14. The molecule has 2 aromatic rings. The Labute approximate surface area is 87.4 Å². The number of aromatic amines is 1. The van der Waals surface area contributed by atoms with Gasteiger partial charge in [-0.1, -0.05) is 19.1 Å². The van der Waals surface area contributed by atoms with Crippen molar-refractivity contribution in [3.63, 3.8) is 0 Å². The van der Waals surface area contributed by atoms with Crippen LogP contribution in [0, 0.1) is 5.82 Å². The zero-order chi connectivity index (χ0) is 10.7. The quantitative estimate of drug-likeness (QED) is 0.836. The normalized spacial score (nSPS) is 12.7. The van der Waals surface area contributed by atoms with Crippen LogP contribution in [-0.4, -0.2) is 15.2 Å². The topological polar surface area (TPSA) is 41.6 Å². The van der Waals surface area contributed by atoms with Crippen molar-refractivity contribution in [3.05, 3.63) is 47.8 Å². The van der Waals surface area contributed by atoms with Crippen LogP contribution in [0.25, 0.3) is 0 Å². The first-order valence-electron chi connectivity index (χ1n) is 4.92. The van der Waals surface area contributed by atoms with Gasteiger partial charge in [0, 0.05) is 5.92 Å². The van der Waals surface area contributed by atoms with E-state index in [0.717, 1.165) is 17.8 Å². The summed E-state index contributed by atoms with van der Waals surface area (Å²) in [4.78, 5) is 4.13. The Bertz CT molecular complexity index is 408. The summed E-state index contributed by atoms with van der Waals surface area (Å²) in [5, 5.41) is 6.67. The van der Waals surface area contributed by atoms with Gasteiger partial charge in [0.2, 0.25) is 0 Å². The van der Waals surface area contributed by atoms with Gasteiger partial charge in [-0.15, -0.1) is 0 Å². The van der Waals surface area contributed by atoms with Crippen LogP contribution in [0.15, 0.2) is 30.6 Å². The van der Waals surface area contributed by atoms with Gasteiger partial charge in [0.05, 0.1) is 0 Å². The summed E-state index contributed by atoms with van der Waals surface area (Å²) in [6, 6.07) is 6.50. The number of hydrogen-bond acceptors (Lipinski definition) is 2. The van der Waals surface area contributed by atoms with Crippen LogP contribution in [-0.2, 0) is 0 Å². The van der Waals surface area contributed by atoms with Crippen molar-refractivity contribution in [2.75, 3.05) is 0 Å². The van der Waals surface area contributed by atoms with E-state index in [4.69, 9.17) is 0 Å². The summed E-state index contributed by atoms with van der Waals surface area (Å²) < 4.78 is 12.8. The second kappa shape index (κ2) is 4.21. The number of nitrogens with one attached hydrogen (secondary N) is 1.